The minimum absolute atomic E-state index is 0.0240. The van der Waals surface area contributed by atoms with Gasteiger partial charge < -0.3 is 33.6 Å². The lowest BCUT2D eigenvalue weighted by Crippen LogP contribution is -2.55. The van der Waals surface area contributed by atoms with Crippen LogP contribution in [0.15, 0.2) is 0 Å². The summed E-state index contributed by atoms with van der Waals surface area (Å²) in [5.41, 5.74) is 20.5. The first-order chi connectivity index (χ1) is 10.5. The maximum absolute atomic E-state index is 12.0. The van der Waals surface area contributed by atoms with Gasteiger partial charge >= 0.3 is 0 Å². The molecule has 0 aliphatic heterocycles. The Morgan fingerprint density at radius 3 is 1.91 bits per heavy atom. The standard InChI is InChI=1S/C12H22N6O5/c1-5(10(16)21)17-12(23)7(4-9(15)20)18-11(22)6(13)2-3-8(14)19/h5-7H,2-4,13H2,1H3,(H2,14,19)(H2,15,20)(H2,16,21)(H,17,23)(H,18,22)/t5-,6-,7-/m0/s1. The van der Waals surface area contributed by atoms with E-state index in [-0.39, 0.29) is 12.8 Å². The summed E-state index contributed by atoms with van der Waals surface area (Å²) in [6.45, 7) is 1.34. The molecule has 0 radical (unpaired) electrons. The molecule has 0 aromatic heterocycles. The smallest absolute Gasteiger partial charge is 0.243 e. The van der Waals surface area contributed by atoms with Crippen LogP contribution in [0.4, 0.5) is 0 Å². The average molecular weight is 330 g/mol. The quantitative estimate of drug-likeness (QED) is 0.234. The predicted molar refractivity (Wildman–Crippen MR) is 78.9 cm³/mol. The highest BCUT2D eigenvalue weighted by atomic mass is 16.2. The molecule has 0 aromatic carbocycles. The maximum atomic E-state index is 12.0. The summed E-state index contributed by atoms with van der Waals surface area (Å²) in [5, 5.41) is 4.46. The Labute approximate surface area is 132 Å². The summed E-state index contributed by atoms with van der Waals surface area (Å²) in [4.78, 5) is 56.4. The topological polar surface area (TPSA) is 213 Å². The molecule has 11 nitrogen and oxygen atoms in total. The molecule has 0 rings (SSSR count). The van der Waals surface area contributed by atoms with Crippen LogP contribution in [0.1, 0.15) is 26.2 Å². The predicted octanol–water partition coefficient (Wildman–Crippen LogP) is -4.07. The van der Waals surface area contributed by atoms with Crippen LogP contribution in [0.2, 0.25) is 0 Å². The van der Waals surface area contributed by atoms with E-state index in [0.29, 0.717) is 0 Å². The molecule has 130 valence electrons. The second-order valence-corrected chi connectivity index (χ2v) is 4.98. The van der Waals surface area contributed by atoms with E-state index in [4.69, 9.17) is 22.9 Å². The van der Waals surface area contributed by atoms with Crippen molar-refractivity contribution in [2.24, 2.45) is 22.9 Å². The third-order valence-corrected chi connectivity index (χ3v) is 2.86. The maximum Gasteiger partial charge on any atom is 0.243 e. The third-order valence-electron chi connectivity index (χ3n) is 2.86. The van der Waals surface area contributed by atoms with Crippen LogP contribution in [0, 0.1) is 0 Å². The van der Waals surface area contributed by atoms with E-state index in [2.05, 4.69) is 10.6 Å². The van der Waals surface area contributed by atoms with Crippen molar-refractivity contribution in [3.63, 3.8) is 0 Å². The summed E-state index contributed by atoms with van der Waals surface area (Å²) < 4.78 is 0. The van der Waals surface area contributed by atoms with Gasteiger partial charge in [-0.1, -0.05) is 0 Å². The first-order valence-corrected chi connectivity index (χ1v) is 6.76. The number of hydrogen-bond acceptors (Lipinski definition) is 6. The Morgan fingerprint density at radius 1 is 0.913 bits per heavy atom. The zero-order valence-corrected chi connectivity index (χ0v) is 12.7. The monoisotopic (exact) mass is 330 g/mol. The van der Waals surface area contributed by atoms with E-state index in [0.717, 1.165) is 0 Å². The molecular formula is C12H22N6O5. The van der Waals surface area contributed by atoms with Crippen LogP contribution >= 0.6 is 0 Å². The van der Waals surface area contributed by atoms with Gasteiger partial charge in [-0.3, -0.25) is 24.0 Å². The molecule has 0 heterocycles. The number of amides is 5. The van der Waals surface area contributed by atoms with Crippen molar-refractivity contribution in [1.82, 2.24) is 10.6 Å². The summed E-state index contributed by atoms with van der Waals surface area (Å²) in [7, 11) is 0. The lowest BCUT2D eigenvalue weighted by atomic mass is 10.1. The first-order valence-electron chi connectivity index (χ1n) is 6.76. The van der Waals surface area contributed by atoms with Crippen molar-refractivity contribution >= 4 is 29.5 Å². The number of carbonyl (C=O) groups is 5. The molecule has 0 saturated heterocycles. The van der Waals surface area contributed by atoms with E-state index >= 15 is 0 Å². The molecule has 0 spiro atoms. The summed E-state index contributed by atoms with van der Waals surface area (Å²) in [6.07, 6.45) is -0.630. The van der Waals surface area contributed by atoms with Crippen molar-refractivity contribution < 1.29 is 24.0 Å². The van der Waals surface area contributed by atoms with Crippen LogP contribution in [-0.4, -0.2) is 47.7 Å². The Morgan fingerprint density at radius 2 is 1.48 bits per heavy atom. The highest BCUT2D eigenvalue weighted by Crippen LogP contribution is 1.98. The number of primary amides is 3. The van der Waals surface area contributed by atoms with E-state index in [1.165, 1.54) is 6.92 Å². The van der Waals surface area contributed by atoms with Gasteiger partial charge in [-0.05, 0) is 13.3 Å². The minimum atomic E-state index is -1.32. The second-order valence-electron chi connectivity index (χ2n) is 4.98. The average Bonchev–Trinajstić information content (AvgIpc) is 2.42. The molecule has 23 heavy (non-hydrogen) atoms. The van der Waals surface area contributed by atoms with Gasteiger partial charge in [0.25, 0.3) is 0 Å². The van der Waals surface area contributed by atoms with Gasteiger partial charge in [0.05, 0.1) is 12.5 Å². The van der Waals surface area contributed by atoms with E-state index < -0.39 is 54.1 Å². The number of rotatable bonds is 10. The Balaban J connectivity index is 4.80. The number of hydrogen-bond donors (Lipinski definition) is 6. The van der Waals surface area contributed by atoms with Crippen molar-refractivity contribution in [2.75, 3.05) is 0 Å². The van der Waals surface area contributed by atoms with Gasteiger partial charge in [-0.15, -0.1) is 0 Å². The highest BCUT2D eigenvalue weighted by Gasteiger charge is 2.27. The molecule has 5 amide bonds. The van der Waals surface area contributed by atoms with Gasteiger partial charge in [0, 0.05) is 6.42 Å². The molecule has 0 saturated carbocycles. The van der Waals surface area contributed by atoms with Crippen LogP contribution in [0.25, 0.3) is 0 Å². The summed E-state index contributed by atoms with van der Waals surface area (Å²) in [5.74, 6) is -3.84. The van der Waals surface area contributed by atoms with Crippen LogP contribution in [-0.2, 0) is 24.0 Å². The van der Waals surface area contributed by atoms with E-state index in [9.17, 15) is 24.0 Å². The van der Waals surface area contributed by atoms with Gasteiger partial charge in [-0.25, -0.2) is 0 Å². The van der Waals surface area contributed by atoms with Gasteiger partial charge in [-0.2, -0.15) is 0 Å². The summed E-state index contributed by atoms with van der Waals surface area (Å²) >= 11 is 0. The number of nitrogens with two attached hydrogens (primary N) is 4. The van der Waals surface area contributed by atoms with Crippen LogP contribution in [0.5, 0.6) is 0 Å². The molecule has 11 heteroatoms. The SMILES string of the molecule is C[C@H](NC(=O)[C@H](CC(N)=O)NC(=O)[C@@H](N)CCC(N)=O)C(N)=O. The summed E-state index contributed by atoms with van der Waals surface area (Å²) in [6, 6.07) is -3.42. The van der Waals surface area contributed by atoms with E-state index in [1.54, 1.807) is 0 Å². The molecule has 0 unspecified atom stereocenters. The largest absolute Gasteiger partial charge is 0.370 e. The molecular weight excluding hydrogens is 308 g/mol. The van der Waals surface area contributed by atoms with Crippen LogP contribution < -0.4 is 33.6 Å². The van der Waals surface area contributed by atoms with Gasteiger partial charge in [0.15, 0.2) is 0 Å². The van der Waals surface area contributed by atoms with Crippen molar-refractivity contribution in [3.05, 3.63) is 0 Å². The number of nitrogens with one attached hydrogen (secondary N) is 2. The fourth-order valence-corrected chi connectivity index (χ4v) is 1.50. The second kappa shape index (κ2) is 9.35. The van der Waals surface area contributed by atoms with E-state index in [1.807, 2.05) is 0 Å². The molecule has 0 aliphatic rings. The zero-order valence-electron chi connectivity index (χ0n) is 12.7. The molecule has 3 atom stereocenters. The fourth-order valence-electron chi connectivity index (χ4n) is 1.50. The molecule has 0 fully saturated rings. The lowest BCUT2D eigenvalue weighted by Gasteiger charge is -2.21. The minimum Gasteiger partial charge on any atom is -0.370 e. The van der Waals surface area contributed by atoms with Gasteiger partial charge in [0.2, 0.25) is 29.5 Å². The normalized spacial score (nSPS) is 14.2. The fraction of sp³-hybridized carbons (Fsp3) is 0.583. The Hall–Kier alpha value is -2.69. The Kier molecular flexibility index (Phi) is 8.26. The molecule has 0 bridgehead atoms. The third kappa shape index (κ3) is 8.36. The van der Waals surface area contributed by atoms with Gasteiger partial charge in [0.1, 0.15) is 12.1 Å². The number of carbonyl (C=O) groups excluding carboxylic acids is 5. The van der Waals surface area contributed by atoms with Crippen molar-refractivity contribution in [2.45, 2.75) is 44.3 Å². The molecule has 10 N–H and O–H groups in total. The highest BCUT2D eigenvalue weighted by molar-refractivity contribution is 5.95. The van der Waals surface area contributed by atoms with Crippen molar-refractivity contribution in [1.29, 1.82) is 0 Å². The zero-order chi connectivity index (χ0) is 18.2. The lowest BCUT2D eigenvalue weighted by molar-refractivity contribution is -0.133. The van der Waals surface area contributed by atoms with Crippen LogP contribution in [0.3, 0.4) is 0 Å². The Bertz CT molecular complexity index is 494. The molecule has 0 aliphatic carbocycles. The first kappa shape index (κ1) is 20.3. The van der Waals surface area contributed by atoms with Crippen molar-refractivity contribution in [3.8, 4) is 0 Å². The molecule has 0 aromatic rings.